The van der Waals surface area contributed by atoms with Gasteiger partial charge in [-0.05, 0) is 30.9 Å². The monoisotopic (exact) mass is 312 g/mol. The number of nitrogens with one attached hydrogen (secondary N) is 2. The van der Waals surface area contributed by atoms with Gasteiger partial charge in [0.2, 0.25) is 5.91 Å². The lowest BCUT2D eigenvalue weighted by Gasteiger charge is -2.29. The molecular formula is C13H20N4O3S. The zero-order valence-electron chi connectivity index (χ0n) is 11.9. The number of amides is 1. The summed E-state index contributed by atoms with van der Waals surface area (Å²) < 4.78 is 27.9. The normalized spacial score (nSPS) is 20.1. The van der Waals surface area contributed by atoms with Gasteiger partial charge in [-0.25, -0.2) is 4.98 Å². The van der Waals surface area contributed by atoms with E-state index in [1.54, 1.807) is 24.4 Å². The molecule has 0 radical (unpaired) electrons. The van der Waals surface area contributed by atoms with E-state index in [1.807, 2.05) is 6.92 Å². The quantitative estimate of drug-likeness (QED) is 0.832. The third-order valence-electron chi connectivity index (χ3n) is 3.31. The number of aromatic nitrogens is 1. The highest BCUT2D eigenvalue weighted by Crippen LogP contribution is 2.17. The number of hydrogen-bond donors (Lipinski definition) is 2. The third-order valence-corrected chi connectivity index (χ3v) is 4.83. The molecule has 1 fully saturated rings. The molecule has 0 spiro atoms. The summed E-state index contributed by atoms with van der Waals surface area (Å²) in [4.78, 5) is 15.7. The molecule has 2 N–H and O–H groups in total. The molecule has 116 valence electrons. The van der Waals surface area contributed by atoms with Crippen molar-refractivity contribution in [2.45, 2.75) is 19.8 Å². The lowest BCUT2D eigenvalue weighted by Crippen LogP contribution is -2.47. The number of nitrogens with zero attached hydrogens (tertiary/aromatic N) is 2. The van der Waals surface area contributed by atoms with Crippen LogP contribution in [0.3, 0.4) is 0 Å². The Balaban J connectivity index is 1.85. The number of hydrogen-bond acceptors (Lipinski definition) is 4. The third kappa shape index (κ3) is 4.76. The molecule has 8 heteroatoms. The maximum absolute atomic E-state index is 12.1. The molecular weight excluding hydrogens is 292 g/mol. The lowest BCUT2D eigenvalue weighted by atomic mass is 10.0. The predicted octanol–water partition coefficient (Wildman–Crippen LogP) is 0.586. The fourth-order valence-electron chi connectivity index (χ4n) is 2.24. The van der Waals surface area contributed by atoms with E-state index in [1.165, 1.54) is 4.31 Å². The molecule has 1 aliphatic rings. The average molecular weight is 312 g/mol. The standard InChI is InChI=1S/C13H20N4O3S/c1-11-5-4-8-17(10-11)21(19,20)15-9-13(18)16-12-6-2-3-7-14-12/h2-3,6-7,11,15H,4-5,8-10H2,1H3,(H,14,16,18)/t11-/m0/s1. The summed E-state index contributed by atoms with van der Waals surface area (Å²) in [6, 6.07) is 5.11. The van der Waals surface area contributed by atoms with Crippen LogP contribution in [0.5, 0.6) is 0 Å². The summed E-state index contributed by atoms with van der Waals surface area (Å²) in [6.07, 6.45) is 3.43. The van der Waals surface area contributed by atoms with E-state index < -0.39 is 16.1 Å². The van der Waals surface area contributed by atoms with E-state index in [9.17, 15) is 13.2 Å². The van der Waals surface area contributed by atoms with E-state index in [4.69, 9.17) is 0 Å². The van der Waals surface area contributed by atoms with E-state index in [0.717, 1.165) is 12.8 Å². The number of piperidine rings is 1. The fraction of sp³-hybridized carbons (Fsp3) is 0.538. The van der Waals surface area contributed by atoms with Crippen LogP contribution in [0.1, 0.15) is 19.8 Å². The summed E-state index contributed by atoms with van der Waals surface area (Å²) in [5, 5.41) is 2.53. The highest BCUT2D eigenvalue weighted by Gasteiger charge is 2.27. The molecule has 1 aromatic heterocycles. The molecule has 2 heterocycles. The van der Waals surface area contributed by atoms with Gasteiger partial charge in [0.05, 0.1) is 6.54 Å². The second-order valence-electron chi connectivity index (χ2n) is 5.19. The first kappa shape index (κ1) is 15.9. The molecule has 0 saturated carbocycles. The topological polar surface area (TPSA) is 91.4 Å². The van der Waals surface area contributed by atoms with Crippen LogP contribution in [-0.4, -0.2) is 43.2 Å². The van der Waals surface area contributed by atoms with E-state index >= 15 is 0 Å². The molecule has 0 aromatic carbocycles. The van der Waals surface area contributed by atoms with Crippen molar-refractivity contribution >= 4 is 21.9 Å². The molecule has 21 heavy (non-hydrogen) atoms. The maximum atomic E-state index is 12.1. The van der Waals surface area contributed by atoms with Gasteiger partial charge in [-0.2, -0.15) is 17.4 Å². The van der Waals surface area contributed by atoms with Crippen molar-refractivity contribution in [1.82, 2.24) is 14.0 Å². The Morgan fingerprint density at radius 1 is 1.48 bits per heavy atom. The molecule has 0 unspecified atom stereocenters. The summed E-state index contributed by atoms with van der Waals surface area (Å²) in [6.45, 7) is 2.72. The first-order valence-corrected chi connectivity index (χ1v) is 8.37. The minimum atomic E-state index is -3.60. The van der Waals surface area contributed by atoms with E-state index in [0.29, 0.717) is 24.8 Å². The summed E-state index contributed by atoms with van der Waals surface area (Å²) in [5.41, 5.74) is 0. The second-order valence-corrected chi connectivity index (χ2v) is 6.95. The minimum absolute atomic E-state index is 0.302. The van der Waals surface area contributed by atoms with Crippen LogP contribution < -0.4 is 10.0 Å². The van der Waals surface area contributed by atoms with E-state index in [-0.39, 0.29) is 6.54 Å². The van der Waals surface area contributed by atoms with Gasteiger partial charge in [0.1, 0.15) is 5.82 Å². The number of rotatable bonds is 5. The lowest BCUT2D eigenvalue weighted by molar-refractivity contribution is -0.115. The molecule has 0 aliphatic carbocycles. The average Bonchev–Trinajstić information content (AvgIpc) is 2.46. The van der Waals surface area contributed by atoms with Crippen LogP contribution in [0.2, 0.25) is 0 Å². The number of pyridine rings is 1. The minimum Gasteiger partial charge on any atom is -0.310 e. The zero-order chi connectivity index (χ0) is 15.3. The van der Waals surface area contributed by atoms with Crippen LogP contribution in [0, 0.1) is 5.92 Å². The van der Waals surface area contributed by atoms with Crippen LogP contribution in [-0.2, 0) is 15.0 Å². The van der Waals surface area contributed by atoms with Gasteiger partial charge in [-0.15, -0.1) is 0 Å². The van der Waals surface area contributed by atoms with E-state index in [2.05, 4.69) is 15.0 Å². The van der Waals surface area contributed by atoms with Crippen LogP contribution in [0.4, 0.5) is 5.82 Å². The van der Waals surface area contributed by atoms with Gasteiger partial charge in [0.25, 0.3) is 10.2 Å². The summed E-state index contributed by atoms with van der Waals surface area (Å²) >= 11 is 0. The van der Waals surface area contributed by atoms with Crippen LogP contribution in [0.25, 0.3) is 0 Å². The molecule has 1 aromatic rings. The van der Waals surface area contributed by atoms with Gasteiger partial charge in [0.15, 0.2) is 0 Å². The number of anilines is 1. The van der Waals surface area contributed by atoms with Crippen LogP contribution in [0.15, 0.2) is 24.4 Å². The Morgan fingerprint density at radius 3 is 2.95 bits per heavy atom. The van der Waals surface area contributed by atoms with Crippen LogP contribution >= 0.6 is 0 Å². The Hall–Kier alpha value is -1.51. The molecule has 0 bridgehead atoms. The van der Waals surface area contributed by atoms with Gasteiger partial charge < -0.3 is 5.32 Å². The Morgan fingerprint density at radius 2 is 2.29 bits per heavy atom. The van der Waals surface area contributed by atoms with Crippen molar-refractivity contribution in [1.29, 1.82) is 0 Å². The SMILES string of the molecule is C[C@H]1CCCN(S(=O)(=O)NCC(=O)Nc2ccccn2)C1. The zero-order valence-corrected chi connectivity index (χ0v) is 12.8. The molecule has 2 rings (SSSR count). The van der Waals surface area contributed by atoms with Gasteiger partial charge in [-0.1, -0.05) is 13.0 Å². The maximum Gasteiger partial charge on any atom is 0.279 e. The molecule has 1 amide bonds. The van der Waals surface area contributed by atoms with Crippen molar-refractivity contribution in [2.24, 2.45) is 5.92 Å². The van der Waals surface area contributed by atoms with Gasteiger partial charge in [-0.3, -0.25) is 4.79 Å². The van der Waals surface area contributed by atoms with Crippen molar-refractivity contribution in [3.05, 3.63) is 24.4 Å². The highest BCUT2D eigenvalue weighted by molar-refractivity contribution is 7.87. The second kappa shape index (κ2) is 6.97. The van der Waals surface area contributed by atoms with Crippen molar-refractivity contribution in [2.75, 3.05) is 25.0 Å². The largest absolute Gasteiger partial charge is 0.310 e. The summed E-state index contributed by atoms with van der Waals surface area (Å²) in [7, 11) is -3.60. The molecule has 1 atom stereocenters. The summed E-state index contributed by atoms with van der Waals surface area (Å²) in [5.74, 6) is 0.299. The Bertz CT molecular complexity index is 576. The van der Waals surface area contributed by atoms with Crippen molar-refractivity contribution < 1.29 is 13.2 Å². The first-order valence-electron chi connectivity index (χ1n) is 6.93. The van der Waals surface area contributed by atoms with Crippen molar-refractivity contribution in [3.8, 4) is 0 Å². The Kier molecular flexibility index (Phi) is 5.27. The molecule has 7 nitrogen and oxygen atoms in total. The van der Waals surface area contributed by atoms with Crippen molar-refractivity contribution in [3.63, 3.8) is 0 Å². The first-order chi connectivity index (χ1) is 9.97. The smallest absolute Gasteiger partial charge is 0.279 e. The highest BCUT2D eigenvalue weighted by atomic mass is 32.2. The number of carbonyl (C=O) groups is 1. The Labute approximate surface area is 124 Å². The number of carbonyl (C=O) groups excluding carboxylic acids is 1. The predicted molar refractivity (Wildman–Crippen MR) is 79.8 cm³/mol. The molecule has 1 aliphatic heterocycles. The van der Waals surface area contributed by atoms with Gasteiger partial charge in [0, 0.05) is 19.3 Å². The van der Waals surface area contributed by atoms with Gasteiger partial charge >= 0.3 is 0 Å². The fourth-order valence-corrected chi connectivity index (χ4v) is 3.55. The molecule has 1 saturated heterocycles.